The Labute approximate surface area is 141 Å². The maximum atomic E-state index is 12.4. The van der Waals surface area contributed by atoms with Crippen LogP contribution in [0.3, 0.4) is 0 Å². The second-order valence-electron chi connectivity index (χ2n) is 7.32. The summed E-state index contributed by atoms with van der Waals surface area (Å²) in [6.07, 6.45) is 16.0. The summed E-state index contributed by atoms with van der Waals surface area (Å²) >= 11 is 0. The molecule has 3 heteroatoms. The topological polar surface area (TPSA) is 50.1 Å². The van der Waals surface area contributed by atoms with Crippen LogP contribution < -0.4 is 0 Å². The Bertz CT molecular complexity index is 421. The zero-order valence-electron chi connectivity index (χ0n) is 14.5. The molecule has 0 heterocycles. The number of carbonyl (C=O) groups excluding carboxylic acids is 1. The molecule has 2 aliphatic rings. The molecular weight excluding hydrogens is 286 g/mol. The first-order valence-electron chi connectivity index (χ1n) is 9.49. The van der Waals surface area contributed by atoms with E-state index in [2.05, 4.69) is 13.0 Å². The van der Waals surface area contributed by atoms with E-state index in [1.54, 1.807) is 6.08 Å². The summed E-state index contributed by atoms with van der Waals surface area (Å²) in [6, 6.07) is 2.05. The molecule has 0 unspecified atom stereocenters. The largest absolute Gasteiger partial charge is 0.462 e. The van der Waals surface area contributed by atoms with Crippen LogP contribution in [0.25, 0.3) is 0 Å². The van der Waals surface area contributed by atoms with Gasteiger partial charge in [0, 0.05) is 6.08 Å². The van der Waals surface area contributed by atoms with E-state index in [1.807, 2.05) is 6.08 Å². The van der Waals surface area contributed by atoms with Crippen molar-refractivity contribution in [3.63, 3.8) is 0 Å². The monoisotopic (exact) mass is 317 g/mol. The van der Waals surface area contributed by atoms with Crippen molar-refractivity contribution in [3.8, 4) is 6.07 Å². The van der Waals surface area contributed by atoms with Crippen LogP contribution in [-0.2, 0) is 9.53 Å². The highest BCUT2D eigenvalue weighted by molar-refractivity contribution is 5.72. The van der Waals surface area contributed by atoms with Crippen molar-refractivity contribution in [2.75, 3.05) is 0 Å². The number of nitriles is 1. The number of rotatable bonds is 6. The van der Waals surface area contributed by atoms with Crippen molar-refractivity contribution >= 4 is 5.97 Å². The lowest BCUT2D eigenvalue weighted by atomic mass is 9.80. The molecule has 2 rings (SSSR count). The molecule has 0 saturated heterocycles. The molecule has 0 atom stereocenters. The van der Waals surface area contributed by atoms with E-state index in [1.165, 1.54) is 32.1 Å². The predicted molar refractivity (Wildman–Crippen MR) is 91.6 cm³/mol. The first-order valence-corrected chi connectivity index (χ1v) is 9.49. The van der Waals surface area contributed by atoms with Crippen LogP contribution in [0.2, 0.25) is 0 Å². The van der Waals surface area contributed by atoms with Gasteiger partial charge in [0.25, 0.3) is 0 Å². The van der Waals surface area contributed by atoms with Crippen LogP contribution in [0.5, 0.6) is 0 Å². The molecule has 0 radical (unpaired) electrons. The summed E-state index contributed by atoms with van der Waals surface area (Å²) in [4.78, 5) is 12.4. The molecule has 3 nitrogen and oxygen atoms in total. The third-order valence-corrected chi connectivity index (χ3v) is 5.59. The highest BCUT2D eigenvalue weighted by Crippen LogP contribution is 2.34. The first-order chi connectivity index (χ1) is 11.2. The molecule has 2 saturated carbocycles. The lowest BCUT2D eigenvalue weighted by molar-refractivity contribution is -0.157. The molecule has 23 heavy (non-hydrogen) atoms. The molecule has 128 valence electrons. The number of unbranched alkanes of at least 4 members (excludes halogenated alkanes) is 1. The van der Waals surface area contributed by atoms with Crippen molar-refractivity contribution in [3.05, 3.63) is 12.2 Å². The highest BCUT2D eigenvalue weighted by atomic mass is 16.5. The summed E-state index contributed by atoms with van der Waals surface area (Å²) in [5.74, 6) is 1.51. The fraction of sp³-hybridized carbons (Fsp3) is 0.800. The smallest absolute Gasteiger partial charge is 0.309 e. The molecule has 0 aliphatic heterocycles. The highest BCUT2D eigenvalue weighted by Gasteiger charge is 2.30. The van der Waals surface area contributed by atoms with Crippen molar-refractivity contribution in [1.82, 2.24) is 0 Å². The second-order valence-corrected chi connectivity index (χ2v) is 7.32. The maximum Gasteiger partial charge on any atom is 0.309 e. The minimum absolute atomic E-state index is 0.0509. The summed E-state index contributed by atoms with van der Waals surface area (Å²) in [6.45, 7) is 2.24. The van der Waals surface area contributed by atoms with Crippen LogP contribution in [0, 0.1) is 29.1 Å². The van der Waals surface area contributed by atoms with E-state index >= 15 is 0 Å². The lowest BCUT2D eigenvalue weighted by Crippen LogP contribution is -2.29. The van der Waals surface area contributed by atoms with Crippen LogP contribution >= 0.6 is 0 Å². The number of hydrogen-bond acceptors (Lipinski definition) is 3. The van der Waals surface area contributed by atoms with Gasteiger partial charge in [-0.2, -0.15) is 5.26 Å². The number of ether oxygens (including phenoxy) is 1. The maximum absolute atomic E-state index is 12.4. The lowest BCUT2D eigenvalue weighted by Gasteiger charge is -2.31. The Hall–Kier alpha value is -1.30. The molecule has 2 aliphatic carbocycles. The van der Waals surface area contributed by atoms with Crippen molar-refractivity contribution < 1.29 is 9.53 Å². The van der Waals surface area contributed by atoms with E-state index in [-0.39, 0.29) is 18.0 Å². The number of esters is 1. The molecule has 0 aromatic heterocycles. The van der Waals surface area contributed by atoms with E-state index in [9.17, 15) is 4.79 Å². The number of allylic oxidation sites excluding steroid dienone is 2. The van der Waals surface area contributed by atoms with Crippen LogP contribution in [0.4, 0.5) is 0 Å². The summed E-state index contributed by atoms with van der Waals surface area (Å²) in [7, 11) is 0. The van der Waals surface area contributed by atoms with Crippen LogP contribution in [0.1, 0.15) is 77.6 Å². The SMILES string of the molecule is CCCC[C@H]1CC[C@H](C(=O)O[C@H]2CC[C@H](C=CC#N)CC2)CC1. The minimum Gasteiger partial charge on any atom is -0.462 e. The first kappa shape index (κ1) is 18.0. The zero-order valence-corrected chi connectivity index (χ0v) is 14.5. The van der Waals surface area contributed by atoms with Gasteiger partial charge in [-0.1, -0.05) is 32.3 Å². The van der Waals surface area contributed by atoms with Crippen LogP contribution in [-0.4, -0.2) is 12.1 Å². The van der Waals surface area contributed by atoms with Gasteiger partial charge in [0.2, 0.25) is 0 Å². The van der Waals surface area contributed by atoms with Gasteiger partial charge in [-0.15, -0.1) is 0 Å². The minimum atomic E-state index is 0.0509. The van der Waals surface area contributed by atoms with Gasteiger partial charge in [0.05, 0.1) is 12.0 Å². The second kappa shape index (κ2) is 9.75. The van der Waals surface area contributed by atoms with Crippen LogP contribution in [0.15, 0.2) is 12.2 Å². The van der Waals surface area contributed by atoms with Gasteiger partial charge in [-0.3, -0.25) is 4.79 Å². The number of nitrogens with zero attached hydrogens (tertiary/aromatic N) is 1. The van der Waals surface area contributed by atoms with E-state index < -0.39 is 0 Å². The average Bonchev–Trinajstić information content (AvgIpc) is 2.59. The quantitative estimate of drug-likeness (QED) is 0.502. The van der Waals surface area contributed by atoms with Crippen molar-refractivity contribution in [2.24, 2.45) is 17.8 Å². The molecular formula is C20H31NO2. The Kier molecular flexibility index (Phi) is 7.65. The van der Waals surface area contributed by atoms with Gasteiger partial charge in [0.15, 0.2) is 0 Å². The van der Waals surface area contributed by atoms with Crippen molar-refractivity contribution in [1.29, 1.82) is 5.26 Å². The van der Waals surface area contributed by atoms with Gasteiger partial charge in [-0.25, -0.2) is 0 Å². The Morgan fingerprint density at radius 1 is 1.13 bits per heavy atom. The van der Waals surface area contributed by atoms with Gasteiger partial charge in [0.1, 0.15) is 6.10 Å². The molecule has 0 amide bonds. The normalized spacial score (nSPS) is 31.7. The van der Waals surface area contributed by atoms with Crippen molar-refractivity contribution in [2.45, 2.75) is 83.7 Å². The standard InChI is InChI=1S/C20H31NO2/c1-2-3-5-16-7-11-18(12-8-16)20(22)23-19-13-9-17(10-14-19)6-4-15-21/h4,6,16-19H,2-3,5,7-14H2,1H3/t16-,17-,18-,19-. The average molecular weight is 317 g/mol. The third kappa shape index (κ3) is 6.01. The molecule has 0 spiro atoms. The Morgan fingerprint density at radius 2 is 1.83 bits per heavy atom. The summed E-state index contributed by atoms with van der Waals surface area (Å²) in [5, 5.41) is 8.57. The summed E-state index contributed by atoms with van der Waals surface area (Å²) in [5.41, 5.74) is 0. The van der Waals surface area contributed by atoms with E-state index in [0.29, 0.717) is 5.92 Å². The fourth-order valence-electron chi connectivity index (χ4n) is 4.02. The van der Waals surface area contributed by atoms with Gasteiger partial charge in [-0.05, 0) is 63.2 Å². The fourth-order valence-corrected chi connectivity index (χ4v) is 4.02. The molecule has 0 aromatic carbocycles. The molecule has 0 aromatic rings. The molecule has 2 fully saturated rings. The van der Waals surface area contributed by atoms with E-state index in [0.717, 1.165) is 44.4 Å². The number of carbonyl (C=O) groups is 1. The zero-order chi connectivity index (χ0) is 16.5. The third-order valence-electron chi connectivity index (χ3n) is 5.59. The molecule has 0 bridgehead atoms. The number of hydrogen-bond donors (Lipinski definition) is 0. The van der Waals surface area contributed by atoms with Gasteiger partial charge >= 0.3 is 5.97 Å². The van der Waals surface area contributed by atoms with Gasteiger partial charge < -0.3 is 4.74 Å². The predicted octanol–water partition coefficient (Wildman–Crippen LogP) is 5.16. The van der Waals surface area contributed by atoms with E-state index in [4.69, 9.17) is 10.00 Å². The Balaban J connectivity index is 1.66. The molecule has 0 N–H and O–H groups in total. The Morgan fingerprint density at radius 3 is 2.43 bits per heavy atom. The summed E-state index contributed by atoms with van der Waals surface area (Å²) < 4.78 is 5.77.